The Labute approximate surface area is 122 Å². The fraction of sp³-hybridized carbons (Fsp3) is 0.500. The van der Waals surface area contributed by atoms with E-state index in [9.17, 15) is 9.18 Å². The van der Waals surface area contributed by atoms with Gasteiger partial charge in [-0.05, 0) is 31.2 Å². The molecular formula is C14H18ClFN2O2. The van der Waals surface area contributed by atoms with Crippen LogP contribution in [0.25, 0.3) is 0 Å². The van der Waals surface area contributed by atoms with Crippen LogP contribution in [0.4, 0.5) is 4.39 Å². The minimum atomic E-state index is -0.410. The van der Waals surface area contributed by atoms with E-state index < -0.39 is 5.82 Å². The monoisotopic (exact) mass is 300 g/mol. The van der Waals surface area contributed by atoms with Gasteiger partial charge in [-0.3, -0.25) is 4.79 Å². The Morgan fingerprint density at radius 3 is 3.05 bits per heavy atom. The number of rotatable bonds is 5. The van der Waals surface area contributed by atoms with E-state index in [1.165, 1.54) is 18.2 Å². The zero-order valence-corrected chi connectivity index (χ0v) is 12.1. The predicted octanol–water partition coefficient (Wildman–Crippen LogP) is 2.07. The SMILES string of the molecule is CN(C(=O)CCOc1ccc(F)cc1Cl)[C@H]1CCNC1. The van der Waals surface area contributed by atoms with Gasteiger partial charge in [-0.1, -0.05) is 11.6 Å². The molecule has 1 N–H and O–H groups in total. The van der Waals surface area contributed by atoms with Gasteiger partial charge in [0.1, 0.15) is 11.6 Å². The highest BCUT2D eigenvalue weighted by atomic mass is 35.5. The lowest BCUT2D eigenvalue weighted by Gasteiger charge is -2.23. The van der Waals surface area contributed by atoms with Gasteiger partial charge in [0.2, 0.25) is 5.91 Å². The fourth-order valence-electron chi connectivity index (χ4n) is 2.19. The van der Waals surface area contributed by atoms with Crippen LogP contribution in [-0.4, -0.2) is 43.6 Å². The molecule has 0 aromatic heterocycles. The van der Waals surface area contributed by atoms with E-state index in [0.29, 0.717) is 5.75 Å². The summed E-state index contributed by atoms with van der Waals surface area (Å²) in [5, 5.41) is 3.44. The minimum Gasteiger partial charge on any atom is -0.491 e. The Bertz CT molecular complexity index is 478. The van der Waals surface area contributed by atoms with E-state index in [-0.39, 0.29) is 30.0 Å². The van der Waals surface area contributed by atoms with E-state index in [1.54, 1.807) is 4.90 Å². The molecule has 1 fully saturated rings. The molecule has 1 heterocycles. The van der Waals surface area contributed by atoms with Crippen LogP contribution in [0, 0.1) is 5.82 Å². The smallest absolute Gasteiger partial charge is 0.226 e. The standard InChI is InChI=1S/C14H18ClFN2O2/c1-18(11-4-6-17-9-11)14(19)5-7-20-13-3-2-10(16)8-12(13)15/h2-3,8,11,17H,4-7,9H2,1H3/t11-/m0/s1. The second-order valence-electron chi connectivity index (χ2n) is 4.82. The van der Waals surface area contributed by atoms with Crippen molar-refractivity contribution in [2.24, 2.45) is 0 Å². The summed E-state index contributed by atoms with van der Waals surface area (Å²) in [5.74, 6) is 0.0230. The highest BCUT2D eigenvalue weighted by molar-refractivity contribution is 6.32. The van der Waals surface area contributed by atoms with E-state index in [1.807, 2.05) is 7.05 Å². The zero-order chi connectivity index (χ0) is 14.5. The van der Waals surface area contributed by atoms with Gasteiger partial charge in [0.05, 0.1) is 18.1 Å². The maximum Gasteiger partial charge on any atom is 0.226 e. The molecule has 0 aliphatic carbocycles. The van der Waals surface area contributed by atoms with Crippen molar-refractivity contribution in [1.82, 2.24) is 10.2 Å². The third-order valence-corrected chi connectivity index (χ3v) is 3.74. The number of hydrogen-bond donors (Lipinski definition) is 1. The van der Waals surface area contributed by atoms with Gasteiger partial charge in [-0.2, -0.15) is 0 Å². The highest BCUT2D eigenvalue weighted by Gasteiger charge is 2.22. The molecule has 1 aromatic rings. The second-order valence-corrected chi connectivity index (χ2v) is 5.23. The summed E-state index contributed by atoms with van der Waals surface area (Å²) in [4.78, 5) is 13.7. The number of carbonyl (C=O) groups is 1. The quantitative estimate of drug-likeness (QED) is 0.905. The maximum atomic E-state index is 12.9. The number of likely N-dealkylation sites (N-methyl/N-ethyl adjacent to an activating group) is 1. The lowest BCUT2D eigenvalue weighted by atomic mass is 10.2. The minimum absolute atomic E-state index is 0.0388. The van der Waals surface area contributed by atoms with Crippen molar-refractivity contribution in [3.05, 3.63) is 29.0 Å². The molecule has 110 valence electrons. The van der Waals surface area contributed by atoms with Gasteiger partial charge in [0, 0.05) is 19.6 Å². The van der Waals surface area contributed by atoms with Crippen molar-refractivity contribution in [3.8, 4) is 5.75 Å². The first-order chi connectivity index (χ1) is 9.58. The van der Waals surface area contributed by atoms with Crippen LogP contribution in [0.3, 0.4) is 0 Å². The summed E-state index contributed by atoms with van der Waals surface area (Å²) in [6.07, 6.45) is 1.26. The Balaban J connectivity index is 1.78. The van der Waals surface area contributed by atoms with Gasteiger partial charge >= 0.3 is 0 Å². The lowest BCUT2D eigenvalue weighted by molar-refractivity contribution is -0.132. The van der Waals surface area contributed by atoms with Crippen molar-refractivity contribution >= 4 is 17.5 Å². The molecule has 0 saturated carbocycles. The van der Waals surface area contributed by atoms with Crippen molar-refractivity contribution in [1.29, 1.82) is 0 Å². The van der Waals surface area contributed by atoms with Crippen LogP contribution in [0.5, 0.6) is 5.75 Å². The number of nitrogens with zero attached hydrogens (tertiary/aromatic N) is 1. The Hall–Kier alpha value is -1.33. The summed E-state index contributed by atoms with van der Waals surface area (Å²) in [5.41, 5.74) is 0. The van der Waals surface area contributed by atoms with Crippen molar-refractivity contribution in [3.63, 3.8) is 0 Å². The molecule has 0 radical (unpaired) electrons. The van der Waals surface area contributed by atoms with Crippen LogP contribution in [0.15, 0.2) is 18.2 Å². The highest BCUT2D eigenvalue weighted by Crippen LogP contribution is 2.24. The van der Waals surface area contributed by atoms with Gasteiger partial charge in [0.15, 0.2) is 0 Å². The van der Waals surface area contributed by atoms with E-state index in [0.717, 1.165) is 19.5 Å². The summed E-state index contributed by atoms with van der Waals surface area (Å²) in [6.45, 7) is 2.02. The first-order valence-electron chi connectivity index (χ1n) is 6.62. The third kappa shape index (κ3) is 3.84. The molecule has 1 amide bonds. The molecule has 0 unspecified atom stereocenters. The average molecular weight is 301 g/mol. The van der Waals surface area contributed by atoms with Gasteiger partial charge in [-0.25, -0.2) is 4.39 Å². The van der Waals surface area contributed by atoms with E-state index in [2.05, 4.69) is 5.32 Å². The number of hydrogen-bond acceptors (Lipinski definition) is 3. The molecule has 1 aromatic carbocycles. The van der Waals surface area contributed by atoms with Gasteiger partial charge < -0.3 is 15.0 Å². The molecule has 0 spiro atoms. The molecule has 1 atom stereocenters. The van der Waals surface area contributed by atoms with Gasteiger partial charge in [0.25, 0.3) is 0 Å². The first-order valence-corrected chi connectivity index (χ1v) is 7.00. The summed E-state index contributed by atoms with van der Waals surface area (Å²) < 4.78 is 18.3. The van der Waals surface area contributed by atoms with E-state index in [4.69, 9.17) is 16.3 Å². The zero-order valence-electron chi connectivity index (χ0n) is 11.4. The average Bonchev–Trinajstić information content (AvgIpc) is 2.94. The molecule has 20 heavy (non-hydrogen) atoms. The third-order valence-electron chi connectivity index (χ3n) is 3.44. The molecule has 1 saturated heterocycles. The fourth-order valence-corrected chi connectivity index (χ4v) is 2.41. The van der Waals surface area contributed by atoms with Crippen molar-refractivity contribution in [2.45, 2.75) is 18.9 Å². The predicted molar refractivity (Wildman–Crippen MR) is 75.6 cm³/mol. The Kier molecular flexibility index (Phi) is 5.20. The molecule has 4 nitrogen and oxygen atoms in total. The first kappa shape index (κ1) is 15.1. The second kappa shape index (κ2) is 6.90. The lowest BCUT2D eigenvalue weighted by Crippen LogP contribution is -2.38. The summed E-state index contributed by atoms with van der Waals surface area (Å²) in [6, 6.07) is 4.19. The van der Waals surface area contributed by atoms with Gasteiger partial charge in [-0.15, -0.1) is 0 Å². The number of benzene rings is 1. The normalized spacial score (nSPS) is 18.1. The van der Waals surface area contributed by atoms with E-state index >= 15 is 0 Å². The number of nitrogens with one attached hydrogen (secondary N) is 1. The number of halogens is 2. The van der Waals surface area contributed by atoms with Crippen molar-refractivity contribution in [2.75, 3.05) is 26.7 Å². The number of carbonyl (C=O) groups excluding carboxylic acids is 1. The topological polar surface area (TPSA) is 41.6 Å². The van der Waals surface area contributed by atoms with Crippen LogP contribution < -0.4 is 10.1 Å². The number of amides is 1. The molecule has 0 bridgehead atoms. The molecule has 6 heteroatoms. The maximum absolute atomic E-state index is 12.9. The van der Waals surface area contributed by atoms with Crippen LogP contribution >= 0.6 is 11.6 Å². The van der Waals surface area contributed by atoms with Crippen LogP contribution in [0.2, 0.25) is 5.02 Å². The molecular weight excluding hydrogens is 283 g/mol. The van der Waals surface area contributed by atoms with Crippen LogP contribution in [-0.2, 0) is 4.79 Å². The number of ether oxygens (including phenoxy) is 1. The van der Waals surface area contributed by atoms with Crippen LogP contribution in [0.1, 0.15) is 12.8 Å². The summed E-state index contributed by atoms with van der Waals surface area (Å²) >= 11 is 5.84. The molecule has 2 rings (SSSR count). The largest absolute Gasteiger partial charge is 0.491 e. The molecule has 1 aliphatic heterocycles. The molecule has 1 aliphatic rings. The van der Waals surface area contributed by atoms with Crippen molar-refractivity contribution < 1.29 is 13.9 Å². The Morgan fingerprint density at radius 2 is 2.40 bits per heavy atom. The summed E-state index contributed by atoms with van der Waals surface area (Å²) in [7, 11) is 1.81. The Morgan fingerprint density at radius 1 is 1.60 bits per heavy atom.